The summed E-state index contributed by atoms with van der Waals surface area (Å²) in [6.45, 7) is 7.94. The van der Waals surface area contributed by atoms with Gasteiger partial charge in [-0.2, -0.15) is 4.98 Å². The third kappa shape index (κ3) is 3.91. The number of ether oxygens (including phenoxy) is 1. The fourth-order valence-electron chi connectivity index (χ4n) is 2.72. The van der Waals surface area contributed by atoms with Crippen molar-refractivity contribution in [3.05, 3.63) is 30.2 Å². The topological polar surface area (TPSA) is 71.7 Å². The maximum absolute atomic E-state index is 11.3. The number of carbonyl (C=O) groups excluding carboxylic acids is 1. The van der Waals surface area contributed by atoms with Gasteiger partial charge in [-0.1, -0.05) is 5.16 Å². The number of carbonyl (C=O) groups is 1. The highest BCUT2D eigenvalue weighted by Gasteiger charge is 2.20. The van der Waals surface area contributed by atoms with Crippen molar-refractivity contribution in [2.75, 3.05) is 32.8 Å². The predicted octanol–water partition coefficient (Wildman–Crippen LogP) is 1.80. The van der Waals surface area contributed by atoms with Gasteiger partial charge in [0.1, 0.15) is 5.75 Å². The maximum atomic E-state index is 11.3. The van der Waals surface area contributed by atoms with Gasteiger partial charge in [-0.15, -0.1) is 0 Å². The van der Waals surface area contributed by atoms with Crippen LogP contribution >= 0.6 is 0 Å². The van der Waals surface area contributed by atoms with Crippen molar-refractivity contribution >= 4 is 5.91 Å². The number of rotatable bonds is 5. The Hall–Kier alpha value is -2.41. The third-order valence-corrected chi connectivity index (χ3v) is 4.07. The molecular formula is C17H22N4O3. The number of hydrogen-bond acceptors (Lipinski definition) is 6. The van der Waals surface area contributed by atoms with E-state index in [2.05, 4.69) is 15.0 Å². The van der Waals surface area contributed by atoms with Gasteiger partial charge in [0.2, 0.25) is 17.6 Å². The first-order chi connectivity index (χ1) is 11.7. The molecule has 7 nitrogen and oxygen atoms in total. The van der Waals surface area contributed by atoms with E-state index < -0.39 is 0 Å². The second-order valence-corrected chi connectivity index (χ2v) is 5.75. The molecule has 0 radical (unpaired) electrons. The van der Waals surface area contributed by atoms with Crippen LogP contribution in [0.2, 0.25) is 0 Å². The highest BCUT2D eigenvalue weighted by atomic mass is 16.5. The Bertz CT molecular complexity index is 675. The van der Waals surface area contributed by atoms with Crippen molar-refractivity contribution in [1.82, 2.24) is 19.9 Å². The van der Waals surface area contributed by atoms with E-state index in [1.165, 1.54) is 0 Å². The van der Waals surface area contributed by atoms with E-state index in [1.54, 1.807) is 6.92 Å². The molecule has 0 atom stereocenters. The van der Waals surface area contributed by atoms with E-state index in [1.807, 2.05) is 36.1 Å². The molecule has 0 aliphatic carbocycles. The van der Waals surface area contributed by atoms with Gasteiger partial charge in [-0.25, -0.2) is 0 Å². The van der Waals surface area contributed by atoms with Crippen LogP contribution in [0, 0.1) is 0 Å². The van der Waals surface area contributed by atoms with E-state index >= 15 is 0 Å². The SMILES string of the molecule is CCOc1ccc(-c2noc(CN3CCN(C(C)=O)CC3)n2)cc1. The summed E-state index contributed by atoms with van der Waals surface area (Å²) in [5, 5.41) is 4.05. The Kier molecular flexibility index (Phi) is 5.10. The van der Waals surface area contributed by atoms with Crippen LogP contribution in [-0.4, -0.2) is 58.6 Å². The average Bonchev–Trinajstić information content (AvgIpc) is 3.05. The van der Waals surface area contributed by atoms with Crippen LogP contribution < -0.4 is 4.74 Å². The Labute approximate surface area is 141 Å². The molecule has 128 valence electrons. The number of nitrogens with zero attached hydrogens (tertiary/aromatic N) is 4. The van der Waals surface area contributed by atoms with E-state index in [-0.39, 0.29) is 5.91 Å². The minimum absolute atomic E-state index is 0.130. The molecule has 0 N–H and O–H groups in total. The maximum Gasteiger partial charge on any atom is 0.241 e. The van der Waals surface area contributed by atoms with E-state index in [0.717, 1.165) is 37.5 Å². The summed E-state index contributed by atoms with van der Waals surface area (Å²) in [6.07, 6.45) is 0. The van der Waals surface area contributed by atoms with Gasteiger partial charge in [-0.3, -0.25) is 9.69 Å². The van der Waals surface area contributed by atoms with E-state index in [9.17, 15) is 4.79 Å². The molecule has 0 bridgehead atoms. The van der Waals surface area contributed by atoms with Crippen molar-refractivity contribution in [2.45, 2.75) is 20.4 Å². The molecule has 7 heteroatoms. The molecule has 0 unspecified atom stereocenters. The predicted molar refractivity (Wildman–Crippen MR) is 88.4 cm³/mol. The molecule has 3 rings (SSSR count). The van der Waals surface area contributed by atoms with Crippen LogP contribution in [0.4, 0.5) is 0 Å². The standard InChI is InChI=1S/C17H22N4O3/c1-3-23-15-6-4-14(5-7-15)17-18-16(24-19-17)12-20-8-10-21(11-9-20)13(2)22/h4-7H,3,8-12H2,1-2H3. The van der Waals surface area contributed by atoms with Crippen LogP contribution in [0.5, 0.6) is 5.75 Å². The molecule has 1 aliphatic heterocycles. The first kappa shape index (κ1) is 16.4. The van der Waals surface area contributed by atoms with E-state index in [0.29, 0.717) is 24.9 Å². The van der Waals surface area contributed by atoms with Gasteiger partial charge in [0.25, 0.3) is 0 Å². The summed E-state index contributed by atoms with van der Waals surface area (Å²) in [5.74, 6) is 2.13. The van der Waals surface area contributed by atoms with E-state index in [4.69, 9.17) is 9.26 Å². The minimum atomic E-state index is 0.130. The molecule has 24 heavy (non-hydrogen) atoms. The Morgan fingerprint density at radius 3 is 2.54 bits per heavy atom. The lowest BCUT2D eigenvalue weighted by Gasteiger charge is -2.33. The van der Waals surface area contributed by atoms with Crippen molar-refractivity contribution in [3.8, 4) is 17.1 Å². The zero-order valence-electron chi connectivity index (χ0n) is 14.1. The summed E-state index contributed by atoms with van der Waals surface area (Å²) in [6, 6.07) is 7.64. The monoisotopic (exact) mass is 330 g/mol. The summed E-state index contributed by atoms with van der Waals surface area (Å²) in [7, 11) is 0. The third-order valence-electron chi connectivity index (χ3n) is 4.07. The number of hydrogen-bond donors (Lipinski definition) is 0. The highest BCUT2D eigenvalue weighted by Crippen LogP contribution is 2.20. The molecule has 2 aromatic rings. The quantitative estimate of drug-likeness (QED) is 0.832. The zero-order chi connectivity index (χ0) is 16.9. The number of aromatic nitrogens is 2. The van der Waals surface area contributed by atoms with Gasteiger partial charge < -0.3 is 14.2 Å². The second kappa shape index (κ2) is 7.44. The number of piperazine rings is 1. The fourth-order valence-corrected chi connectivity index (χ4v) is 2.72. The number of amides is 1. The van der Waals surface area contributed by atoms with Crippen LogP contribution in [0.25, 0.3) is 11.4 Å². The summed E-state index contributed by atoms with van der Waals surface area (Å²) in [4.78, 5) is 19.9. The van der Waals surface area contributed by atoms with Crippen molar-refractivity contribution in [1.29, 1.82) is 0 Å². The smallest absolute Gasteiger partial charge is 0.241 e. The minimum Gasteiger partial charge on any atom is -0.494 e. The average molecular weight is 330 g/mol. The van der Waals surface area contributed by atoms with Crippen molar-refractivity contribution in [2.24, 2.45) is 0 Å². The molecular weight excluding hydrogens is 308 g/mol. The lowest BCUT2D eigenvalue weighted by atomic mass is 10.2. The van der Waals surface area contributed by atoms with Crippen molar-refractivity contribution < 1.29 is 14.1 Å². The second-order valence-electron chi connectivity index (χ2n) is 5.75. The lowest BCUT2D eigenvalue weighted by Crippen LogP contribution is -2.47. The molecule has 1 saturated heterocycles. The van der Waals surface area contributed by atoms with Crippen LogP contribution in [0.3, 0.4) is 0 Å². The first-order valence-electron chi connectivity index (χ1n) is 8.19. The summed E-state index contributed by atoms with van der Waals surface area (Å²) >= 11 is 0. The Morgan fingerprint density at radius 2 is 1.92 bits per heavy atom. The Balaban J connectivity index is 1.58. The molecule has 2 heterocycles. The molecule has 1 aliphatic rings. The van der Waals surface area contributed by atoms with Gasteiger partial charge in [0.05, 0.1) is 13.2 Å². The first-order valence-corrected chi connectivity index (χ1v) is 8.19. The summed E-state index contributed by atoms with van der Waals surface area (Å²) in [5.41, 5.74) is 0.898. The normalized spacial score (nSPS) is 15.5. The highest BCUT2D eigenvalue weighted by molar-refractivity contribution is 5.73. The number of benzene rings is 1. The summed E-state index contributed by atoms with van der Waals surface area (Å²) < 4.78 is 10.8. The lowest BCUT2D eigenvalue weighted by molar-refractivity contribution is -0.130. The fraction of sp³-hybridized carbons (Fsp3) is 0.471. The van der Waals surface area contributed by atoms with Crippen LogP contribution in [0.1, 0.15) is 19.7 Å². The molecule has 1 aromatic carbocycles. The largest absolute Gasteiger partial charge is 0.494 e. The molecule has 1 aromatic heterocycles. The molecule has 1 amide bonds. The van der Waals surface area contributed by atoms with Crippen LogP contribution in [-0.2, 0) is 11.3 Å². The zero-order valence-corrected chi connectivity index (χ0v) is 14.1. The van der Waals surface area contributed by atoms with Gasteiger partial charge in [0.15, 0.2) is 0 Å². The molecule has 0 saturated carbocycles. The Morgan fingerprint density at radius 1 is 1.21 bits per heavy atom. The molecule has 0 spiro atoms. The van der Waals surface area contributed by atoms with Gasteiger partial charge >= 0.3 is 0 Å². The van der Waals surface area contributed by atoms with Gasteiger partial charge in [-0.05, 0) is 31.2 Å². The molecule has 1 fully saturated rings. The van der Waals surface area contributed by atoms with Crippen molar-refractivity contribution in [3.63, 3.8) is 0 Å². The van der Waals surface area contributed by atoms with Gasteiger partial charge in [0, 0.05) is 38.7 Å². The van der Waals surface area contributed by atoms with Crippen LogP contribution in [0.15, 0.2) is 28.8 Å².